The number of hydrogen-bond donors (Lipinski definition) is 0. The highest BCUT2D eigenvalue weighted by atomic mass is 127. The highest BCUT2D eigenvalue weighted by Crippen LogP contribution is 2.32. The van der Waals surface area contributed by atoms with Crippen LogP contribution in [-0.4, -0.2) is 12.0 Å². The van der Waals surface area contributed by atoms with Crippen LogP contribution >= 0.6 is 34.2 Å². The van der Waals surface area contributed by atoms with Gasteiger partial charge >= 0.3 is 0 Å². The standard InChI is InChI=1S/C23H22ClIO2/c24-22(23(25)19-10-5-2-6-11-19)14-15-26-20-12-7-13-21(16-20)27-17-18-8-3-1-4-9-18/h1-13,16,22-23H,14-15,17H2. The van der Waals surface area contributed by atoms with E-state index in [2.05, 4.69) is 34.7 Å². The van der Waals surface area contributed by atoms with Crippen molar-refractivity contribution in [2.24, 2.45) is 0 Å². The van der Waals surface area contributed by atoms with Gasteiger partial charge in [-0.3, -0.25) is 0 Å². The molecule has 140 valence electrons. The van der Waals surface area contributed by atoms with Gasteiger partial charge in [0.1, 0.15) is 18.1 Å². The lowest BCUT2D eigenvalue weighted by Crippen LogP contribution is -2.12. The minimum absolute atomic E-state index is 0.0190. The molecule has 0 N–H and O–H groups in total. The molecule has 0 heterocycles. The molecule has 0 saturated carbocycles. The average molecular weight is 493 g/mol. The van der Waals surface area contributed by atoms with Crippen molar-refractivity contribution in [3.05, 3.63) is 96.1 Å². The van der Waals surface area contributed by atoms with Crippen molar-refractivity contribution in [1.29, 1.82) is 0 Å². The second-order valence-corrected chi connectivity index (χ2v) is 8.12. The Bertz CT molecular complexity index is 811. The Kier molecular flexibility index (Phi) is 7.84. The van der Waals surface area contributed by atoms with Crippen LogP contribution in [-0.2, 0) is 6.61 Å². The third-order valence-electron chi connectivity index (χ3n) is 4.15. The summed E-state index contributed by atoms with van der Waals surface area (Å²) in [6.45, 7) is 1.12. The van der Waals surface area contributed by atoms with Crippen LogP contribution in [0.25, 0.3) is 0 Å². The summed E-state index contributed by atoms with van der Waals surface area (Å²) >= 11 is 8.97. The van der Waals surface area contributed by atoms with E-state index in [4.69, 9.17) is 21.1 Å². The van der Waals surface area contributed by atoms with E-state index >= 15 is 0 Å². The molecule has 0 saturated heterocycles. The first-order valence-corrected chi connectivity index (χ1v) is 10.6. The fourth-order valence-electron chi connectivity index (χ4n) is 2.68. The van der Waals surface area contributed by atoms with Crippen molar-refractivity contribution < 1.29 is 9.47 Å². The molecular weight excluding hydrogens is 471 g/mol. The summed E-state index contributed by atoms with van der Waals surface area (Å²) in [5.41, 5.74) is 2.39. The first kappa shape index (κ1) is 20.0. The lowest BCUT2D eigenvalue weighted by molar-refractivity contribution is 0.291. The van der Waals surface area contributed by atoms with Crippen LogP contribution in [0, 0.1) is 0 Å². The van der Waals surface area contributed by atoms with Gasteiger partial charge in [0.15, 0.2) is 0 Å². The quantitative estimate of drug-likeness (QED) is 0.241. The maximum atomic E-state index is 6.57. The van der Waals surface area contributed by atoms with Crippen molar-refractivity contribution >= 4 is 34.2 Å². The number of benzene rings is 3. The molecular formula is C23H22ClIO2. The van der Waals surface area contributed by atoms with E-state index in [9.17, 15) is 0 Å². The van der Waals surface area contributed by atoms with Crippen LogP contribution in [0.15, 0.2) is 84.9 Å². The van der Waals surface area contributed by atoms with Crippen molar-refractivity contribution in [1.82, 2.24) is 0 Å². The molecule has 0 aliphatic rings. The van der Waals surface area contributed by atoms with Crippen molar-refractivity contribution in [2.75, 3.05) is 6.61 Å². The Morgan fingerprint density at radius 1 is 0.778 bits per heavy atom. The molecule has 0 fully saturated rings. The summed E-state index contributed by atoms with van der Waals surface area (Å²) < 4.78 is 12.0. The molecule has 4 heteroatoms. The van der Waals surface area contributed by atoms with Gasteiger partial charge in [-0.25, -0.2) is 0 Å². The Hall–Kier alpha value is -1.72. The summed E-state index contributed by atoms with van der Waals surface area (Å²) in [7, 11) is 0. The van der Waals surface area contributed by atoms with Gasteiger partial charge in [0.05, 0.1) is 15.9 Å². The van der Waals surface area contributed by atoms with Crippen LogP contribution in [0.1, 0.15) is 21.5 Å². The van der Waals surface area contributed by atoms with Crippen LogP contribution < -0.4 is 9.47 Å². The minimum atomic E-state index is 0.0190. The summed E-state index contributed by atoms with van der Waals surface area (Å²) in [6, 6.07) is 28.2. The molecule has 2 atom stereocenters. The average Bonchev–Trinajstić information content (AvgIpc) is 2.73. The smallest absolute Gasteiger partial charge is 0.123 e. The monoisotopic (exact) mass is 492 g/mol. The molecule has 2 unspecified atom stereocenters. The van der Waals surface area contributed by atoms with E-state index in [-0.39, 0.29) is 9.30 Å². The van der Waals surface area contributed by atoms with E-state index in [0.717, 1.165) is 23.5 Å². The number of rotatable bonds is 9. The summed E-state index contributed by atoms with van der Waals surface area (Å²) in [6.07, 6.45) is 0.777. The van der Waals surface area contributed by atoms with E-state index < -0.39 is 0 Å². The molecule has 0 spiro atoms. The molecule has 27 heavy (non-hydrogen) atoms. The maximum absolute atomic E-state index is 6.57. The third-order valence-corrected chi connectivity index (χ3v) is 6.63. The molecule has 0 aromatic heterocycles. The van der Waals surface area contributed by atoms with Gasteiger partial charge in [-0.05, 0) is 29.7 Å². The van der Waals surface area contributed by atoms with E-state index in [1.54, 1.807) is 0 Å². The van der Waals surface area contributed by atoms with Gasteiger partial charge in [0.2, 0.25) is 0 Å². The zero-order valence-electron chi connectivity index (χ0n) is 14.9. The van der Waals surface area contributed by atoms with E-state index in [1.807, 2.05) is 72.8 Å². The van der Waals surface area contributed by atoms with Gasteiger partial charge in [-0.15, -0.1) is 11.6 Å². The van der Waals surface area contributed by atoms with Crippen LogP contribution in [0.3, 0.4) is 0 Å². The molecule has 0 aliphatic heterocycles. The van der Waals surface area contributed by atoms with Gasteiger partial charge in [-0.1, -0.05) is 89.3 Å². The van der Waals surface area contributed by atoms with Gasteiger partial charge in [0, 0.05) is 6.07 Å². The Morgan fingerprint density at radius 3 is 2.11 bits per heavy atom. The summed E-state index contributed by atoms with van der Waals surface area (Å²) in [4.78, 5) is 0. The number of ether oxygens (including phenoxy) is 2. The first-order valence-electron chi connectivity index (χ1n) is 8.95. The predicted molar refractivity (Wildman–Crippen MR) is 120 cm³/mol. The fraction of sp³-hybridized carbons (Fsp3) is 0.217. The van der Waals surface area contributed by atoms with Gasteiger partial charge < -0.3 is 9.47 Å². The summed E-state index contributed by atoms with van der Waals surface area (Å²) in [5.74, 6) is 1.60. The molecule has 3 aromatic carbocycles. The number of hydrogen-bond acceptors (Lipinski definition) is 2. The lowest BCUT2D eigenvalue weighted by atomic mass is 10.1. The van der Waals surface area contributed by atoms with E-state index in [0.29, 0.717) is 13.2 Å². The van der Waals surface area contributed by atoms with Crippen LogP contribution in [0.2, 0.25) is 0 Å². The zero-order valence-corrected chi connectivity index (χ0v) is 17.8. The summed E-state index contributed by atoms with van der Waals surface area (Å²) in [5, 5.41) is 0.0190. The SMILES string of the molecule is ClC(CCOc1cccc(OCc2ccccc2)c1)C(I)c1ccccc1. The Balaban J connectivity index is 1.47. The molecule has 0 amide bonds. The second kappa shape index (κ2) is 10.6. The Labute approximate surface area is 179 Å². The molecule has 0 aliphatic carbocycles. The fourth-order valence-corrected chi connectivity index (χ4v) is 3.69. The van der Waals surface area contributed by atoms with Crippen LogP contribution in [0.5, 0.6) is 11.5 Å². The minimum Gasteiger partial charge on any atom is -0.493 e. The third kappa shape index (κ3) is 6.43. The molecule has 2 nitrogen and oxygen atoms in total. The highest BCUT2D eigenvalue weighted by molar-refractivity contribution is 14.1. The highest BCUT2D eigenvalue weighted by Gasteiger charge is 2.17. The number of alkyl halides is 2. The molecule has 0 bridgehead atoms. The number of halogens is 2. The van der Waals surface area contributed by atoms with Crippen molar-refractivity contribution in [2.45, 2.75) is 22.3 Å². The van der Waals surface area contributed by atoms with Gasteiger partial charge in [0.25, 0.3) is 0 Å². The van der Waals surface area contributed by atoms with E-state index in [1.165, 1.54) is 5.56 Å². The maximum Gasteiger partial charge on any atom is 0.123 e. The van der Waals surface area contributed by atoms with Crippen LogP contribution in [0.4, 0.5) is 0 Å². The van der Waals surface area contributed by atoms with Gasteiger partial charge in [-0.2, -0.15) is 0 Å². The molecule has 3 aromatic rings. The largest absolute Gasteiger partial charge is 0.493 e. The lowest BCUT2D eigenvalue weighted by Gasteiger charge is -2.17. The topological polar surface area (TPSA) is 18.5 Å². The normalized spacial score (nSPS) is 13.0. The Morgan fingerprint density at radius 2 is 1.41 bits per heavy atom. The zero-order chi connectivity index (χ0) is 18.9. The molecule has 0 radical (unpaired) electrons. The second-order valence-electron chi connectivity index (χ2n) is 6.21. The predicted octanol–water partition coefficient (Wildman–Crippen LogP) is 6.82. The van der Waals surface area contributed by atoms with Crippen molar-refractivity contribution in [3.8, 4) is 11.5 Å². The molecule has 3 rings (SSSR count). The van der Waals surface area contributed by atoms with Crippen molar-refractivity contribution in [3.63, 3.8) is 0 Å². The first-order chi connectivity index (χ1) is 13.2.